The van der Waals surface area contributed by atoms with Gasteiger partial charge in [0.25, 0.3) is 0 Å². The maximum absolute atomic E-state index is 11.9. The number of hydrogen-bond donors (Lipinski definition) is 2. The molecule has 1 amide bonds. The Morgan fingerprint density at radius 3 is 2.37 bits per heavy atom. The van der Waals surface area contributed by atoms with Gasteiger partial charge in [-0.3, -0.25) is 4.79 Å². The van der Waals surface area contributed by atoms with Gasteiger partial charge in [0.1, 0.15) is 17.0 Å². The second kappa shape index (κ2) is 12.2. The standard InChI is InChI=1S/C28H32Cl2N6O5/c1-6-22(37)32-18-12-40-13-19(18)34-28-31-9-16-7-17(23-24(29)20(38-4)8-21(39-5)25(23)30)33-27(26(16)35-28)36-10-14(2)41-15(3)11-36/h6-9,14-15,18-19H,1,10-13H2,2-5H3,(H,32,37)(H,31,34,35)/t14?,15?,18-,19+/m0/s1. The van der Waals surface area contributed by atoms with Gasteiger partial charge in [-0.2, -0.15) is 0 Å². The number of pyridine rings is 1. The average molecular weight is 604 g/mol. The van der Waals surface area contributed by atoms with Crippen LogP contribution in [-0.4, -0.2) is 85.7 Å². The van der Waals surface area contributed by atoms with E-state index in [1.54, 1.807) is 12.3 Å². The molecular formula is C28H32Cl2N6O5. The van der Waals surface area contributed by atoms with Crippen molar-refractivity contribution in [3.8, 4) is 22.8 Å². The maximum Gasteiger partial charge on any atom is 0.243 e. The molecule has 2 aliphatic rings. The number of carbonyl (C=O) groups excluding carboxylic acids is 1. The van der Waals surface area contributed by atoms with Crippen LogP contribution < -0.4 is 25.0 Å². The fraction of sp³-hybridized carbons (Fsp3) is 0.429. The normalized spacial score (nSPS) is 22.4. The third kappa shape index (κ3) is 5.99. The van der Waals surface area contributed by atoms with Crippen molar-refractivity contribution in [3.05, 3.63) is 41.0 Å². The fourth-order valence-corrected chi connectivity index (χ4v) is 5.84. The van der Waals surface area contributed by atoms with Crippen LogP contribution in [0.1, 0.15) is 13.8 Å². The number of halogens is 2. The SMILES string of the molecule is C=CC(=O)N[C@H]1COC[C@H]1Nc1ncc2cc(-c3c(Cl)c(OC)cc(OC)c3Cl)nc(N3CC(C)OC(C)C3)c2n1. The summed E-state index contributed by atoms with van der Waals surface area (Å²) < 4.78 is 22.5. The Kier molecular flexibility index (Phi) is 8.69. The predicted molar refractivity (Wildman–Crippen MR) is 158 cm³/mol. The molecule has 0 saturated carbocycles. The van der Waals surface area contributed by atoms with E-state index in [1.165, 1.54) is 20.3 Å². The molecule has 4 atom stereocenters. The van der Waals surface area contributed by atoms with E-state index in [-0.39, 0.29) is 30.2 Å². The molecule has 5 rings (SSSR count). The van der Waals surface area contributed by atoms with Crippen LogP contribution in [-0.2, 0) is 14.3 Å². The summed E-state index contributed by atoms with van der Waals surface area (Å²) >= 11 is 13.5. The minimum Gasteiger partial charge on any atom is -0.495 e. The molecule has 218 valence electrons. The Morgan fingerprint density at radius 2 is 1.73 bits per heavy atom. The van der Waals surface area contributed by atoms with Gasteiger partial charge in [0, 0.05) is 36.3 Å². The summed E-state index contributed by atoms with van der Waals surface area (Å²) in [6, 6.07) is 3.00. The smallest absolute Gasteiger partial charge is 0.243 e. The van der Waals surface area contributed by atoms with E-state index in [4.69, 9.17) is 52.1 Å². The molecular weight excluding hydrogens is 571 g/mol. The summed E-state index contributed by atoms with van der Waals surface area (Å²) in [5, 5.41) is 7.55. The molecule has 11 nitrogen and oxygen atoms in total. The molecule has 0 aliphatic carbocycles. The van der Waals surface area contributed by atoms with Crippen LogP contribution in [0.5, 0.6) is 11.5 Å². The van der Waals surface area contributed by atoms with Crippen molar-refractivity contribution >= 4 is 51.8 Å². The number of fused-ring (bicyclic) bond motifs is 1. The van der Waals surface area contributed by atoms with Crippen LogP contribution in [0.15, 0.2) is 31.0 Å². The van der Waals surface area contributed by atoms with Gasteiger partial charge in [-0.15, -0.1) is 0 Å². The first-order chi connectivity index (χ1) is 19.7. The highest BCUT2D eigenvalue weighted by atomic mass is 35.5. The summed E-state index contributed by atoms with van der Waals surface area (Å²) in [7, 11) is 3.05. The molecule has 0 bridgehead atoms. The average Bonchev–Trinajstić information content (AvgIpc) is 3.38. The van der Waals surface area contributed by atoms with E-state index in [9.17, 15) is 4.79 Å². The summed E-state index contributed by atoms with van der Waals surface area (Å²) in [5.74, 6) is 1.57. The van der Waals surface area contributed by atoms with Gasteiger partial charge in [0.2, 0.25) is 11.9 Å². The number of amides is 1. The van der Waals surface area contributed by atoms with Gasteiger partial charge in [0.05, 0.1) is 67.5 Å². The third-order valence-corrected chi connectivity index (χ3v) is 7.75. The number of ether oxygens (including phenoxy) is 4. The Labute approximate surface area is 248 Å². The number of hydrogen-bond acceptors (Lipinski definition) is 10. The van der Waals surface area contributed by atoms with Gasteiger partial charge >= 0.3 is 0 Å². The molecule has 13 heteroatoms. The first kappa shape index (κ1) is 29.1. The van der Waals surface area contributed by atoms with E-state index < -0.39 is 0 Å². The van der Waals surface area contributed by atoms with Crippen LogP contribution in [0.25, 0.3) is 22.2 Å². The van der Waals surface area contributed by atoms with Crippen molar-refractivity contribution in [2.24, 2.45) is 0 Å². The molecule has 4 heterocycles. The van der Waals surface area contributed by atoms with Gasteiger partial charge in [-0.25, -0.2) is 15.0 Å². The molecule has 2 N–H and O–H groups in total. The summed E-state index contributed by atoms with van der Waals surface area (Å²) in [4.78, 5) is 28.5. The Morgan fingerprint density at radius 1 is 1.07 bits per heavy atom. The number of nitrogens with one attached hydrogen (secondary N) is 2. The molecule has 0 radical (unpaired) electrons. The lowest BCUT2D eigenvalue weighted by Gasteiger charge is -2.36. The van der Waals surface area contributed by atoms with Gasteiger partial charge in [-0.1, -0.05) is 29.8 Å². The lowest BCUT2D eigenvalue weighted by Crippen LogP contribution is -2.46. The minimum absolute atomic E-state index is 0.0207. The fourth-order valence-electron chi connectivity index (χ4n) is 5.15. The zero-order valence-corrected chi connectivity index (χ0v) is 24.8. The molecule has 41 heavy (non-hydrogen) atoms. The molecule has 2 fully saturated rings. The number of aromatic nitrogens is 3. The molecule has 2 unspecified atom stereocenters. The van der Waals surface area contributed by atoms with Crippen molar-refractivity contribution in [2.45, 2.75) is 38.1 Å². The van der Waals surface area contributed by atoms with Crippen LogP contribution in [0.2, 0.25) is 10.0 Å². The zero-order chi connectivity index (χ0) is 29.3. The predicted octanol–water partition coefficient (Wildman–Crippen LogP) is 4.11. The highest BCUT2D eigenvalue weighted by Crippen LogP contribution is 2.46. The van der Waals surface area contributed by atoms with E-state index in [0.717, 1.165) is 5.39 Å². The van der Waals surface area contributed by atoms with Crippen LogP contribution >= 0.6 is 23.2 Å². The molecule has 1 aromatic carbocycles. The summed E-state index contributed by atoms with van der Waals surface area (Å²) in [6.07, 6.45) is 2.91. The summed E-state index contributed by atoms with van der Waals surface area (Å²) in [5.41, 5.74) is 1.64. The highest BCUT2D eigenvalue weighted by molar-refractivity contribution is 6.41. The topological polar surface area (TPSA) is 120 Å². The van der Waals surface area contributed by atoms with Crippen molar-refractivity contribution in [2.75, 3.05) is 50.7 Å². The summed E-state index contributed by atoms with van der Waals surface area (Å²) in [6.45, 7) is 9.54. The van der Waals surface area contributed by atoms with Gasteiger partial charge in [-0.05, 0) is 26.0 Å². The molecule has 2 saturated heterocycles. The van der Waals surface area contributed by atoms with E-state index in [0.29, 0.717) is 76.4 Å². The molecule has 2 aromatic heterocycles. The minimum atomic E-state index is -0.271. The lowest BCUT2D eigenvalue weighted by atomic mass is 10.1. The van der Waals surface area contributed by atoms with Crippen molar-refractivity contribution in [1.82, 2.24) is 20.3 Å². The first-order valence-corrected chi connectivity index (χ1v) is 13.9. The maximum atomic E-state index is 11.9. The van der Waals surface area contributed by atoms with Crippen LogP contribution in [0, 0.1) is 0 Å². The van der Waals surface area contributed by atoms with Gasteiger partial charge in [0.15, 0.2) is 5.82 Å². The quantitative estimate of drug-likeness (QED) is 0.364. The second-order valence-electron chi connectivity index (χ2n) is 10.0. The highest BCUT2D eigenvalue weighted by Gasteiger charge is 2.31. The second-order valence-corrected chi connectivity index (χ2v) is 10.8. The molecule has 0 spiro atoms. The Balaban J connectivity index is 1.61. The van der Waals surface area contributed by atoms with E-state index in [1.807, 2.05) is 19.9 Å². The number of anilines is 2. The molecule has 2 aliphatic heterocycles. The van der Waals surface area contributed by atoms with Crippen molar-refractivity contribution < 1.29 is 23.7 Å². The Bertz CT molecular complexity index is 1440. The number of morpholine rings is 1. The number of carbonyl (C=O) groups is 1. The number of nitrogens with zero attached hydrogens (tertiary/aromatic N) is 4. The third-order valence-electron chi connectivity index (χ3n) is 7.00. The van der Waals surface area contributed by atoms with Crippen LogP contribution in [0.4, 0.5) is 11.8 Å². The van der Waals surface area contributed by atoms with E-state index >= 15 is 0 Å². The van der Waals surface area contributed by atoms with Crippen molar-refractivity contribution in [1.29, 1.82) is 0 Å². The van der Waals surface area contributed by atoms with Crippen LogP contribution in [0.3, 0.4) is 0 Å². The number of rotatable bonds is 8. The first-order valence-electron chi connectivity index (χ1n) is 13.2. The number of methoxy groups -OCH3 is 2. The number of benzene rings is 1. The monoisotopic (exact) mass is 602 g/mol. The van der Waals surface area contributed by atoms with Crippen molar-refractivity contribution in [3.63, 3.8) is 0 Å². The largest absolute Gasteiger partial charge is 0.495 e. The molecule has 3 aromatic rings. The van der Waals surface area contributed by atoms with Gasteiger partial charge < -0.3 is 34.5 Å². The van der Waals surface area contributed by atoms with E-state index in [2.05, 4.69) is 27.1 Å². The zero-order valence-electron chi connectivity index (χ0n) is 23.2. The Hall–Kier alpha value is -3.38. The lowest BCUT2D eigenvalue weighted by molar-refractivity contribution is -0.117.